The first kappa shape index (κ1) is 20.1. The number of ether oxygens (including phenoxy) is 1. The van der Waals surface area contributed by atoms with Gasteiger partial charge in [-0.3, -0.25) is 14.6 Å². The molecule has 0 aliphatic heterocycles. The van der Waals surface area contributed by atoms with Gasteiger partial charge in [0.15, 0.2) is 5.82 Å². The van der Waals surface area contributed by atoms with Crippen LogP contribution in [0.15, 0.2) is 59.4 Å². The Balaban J connectivity index is 1.49. The molecule has 0 atom stereocenters. The molecule has 0 unspecified atom stereocenters. The van der Waals surface area contributed by atoms with Crippen LogP contribution in [0, 0.1) is 0 Å². The van der Waals surface area contributed by atoms with Crippen LogP contribution in [-0.2, 0) is 15.0 Å². The van der Waals surface area contributed by atoms with Crippen molar-refractivity contribution in [1.82, 2.24) is 10.1 Å². The lowest BCUT2D eigenvalue weighted by molar-refractivity contribution is -0.123. The Morgan fingerprint density at radius 3 is 2.21 bits per heavy atom. The molecule has 29 heavy (non-hydrogen) atoms. The topological polar surface area (TPSA) is 106 Å². The fourth-order valence-electron chi connectivity index (χ4n) is 2.37. The van der Waals surface area contributed by atoms with Gasteiger partial charge in [0.1, 0.15) is 23.7 Å². The van der Waals surface area contributed by atoms with Gasteiger partial charge < -0.3 is 19.9 Å². The molecule has 0 bridgehead atoms. The van der Waals surface area contributed by atoms with Crippen molar-refractivity contribution < 1.29 is 18.8 Å². The summed E-state index contributed by atoms with van der Waals surface area (Å²) in [6.45, 7) is 5.92. The molecule has 2 aromatic heterocycles. The standard InChI is InChI=1S/C21H22N4O4/c1-21(2,3)17-12-18(25-29-17)24-20(27)13-19(26)23-14-4-6-15(7-5-14)28-16-8-10-22-11-9-16/h4-12H,13H2,1-3H3,(H,23,26)(H,24,25,27). The Morgan fingerprint density at radius 1 is 0.966 bits per heavy atom. The van der Waals surface area contributed by atoms with Crippen LogP contribution in [0.1, 0.15) is 33.0 Å². The molecule has 2 amide bonds. The number of pyridine rings is 1. The highest BCUT2D eigenvalue weighted by Crippen LogP contribution is 2.24. The van der Waals surface area contributed by atoms with Gasteiger partial charge in [0, 0.05) is 29.6 Å². The van der Waals surface area contributed by atoms with Crippen LogP contribution in [0.3, 0.4) is 0 Å². The number of rotatable bonds is 6. The number of hydrogen-bond donors (Lipinski definition) is 2. The first-order valence-electron chi connectivity index (χ1n) is 9.04. The zero-order valence-electron chi connectivity index (χ0n) is 16.4. The number of aromatic nitrogens is 2. The van der Waals surface area contributed by atoms with Crippen molar-refractivity contribution in [2.75, 3.05) is 10.6 Å². The van der Waals surface area contributed by atoms with Crippen LogP contribution in [-0.4, -0.2) is 22.0 Å². The summed E-state index contributed by atoms with van der Waals surface area (Å²) >= 11 is 0. The minimum atomic E-state index is -0.478. The van der Waals surface area contributed by atoms with Crippen molar-refractivity contribution in [2.45, 2.75) is 32.6 Å². The lowest BCUT2D eigenvalue weighted by Gasteiger charge is -2.12. The van der Waals surface area contributed by atoms with E-state index in [1.165, 1.54) is 0 Å². The first-order valence-corrected chi connectivity index (χ1v) is 9.04. The quantitative estimate of drug-likeness (QED) is 0.609. The van der Waals surface area contributed by atoms with Crippen LogP contribution in [0.25, 0.3) is 0 Å². The summed E-state index contributed by atoms with van der Waals surface area (Å²) in [5, 5.41) is 9.03. The van der Waals surface area contributed by atoms with Crippen molar-refractivity contribution in [2.24, 2.45) is 0 Å². The summed E-state index contributed by atoms with van der Waals surface area (Å²) in [6, 6.07) is 12.0. The average Bonchev–Trinajstić information content (AvgIpc) is 3.13. The molecule has 2 N–H and O–H groups in total. The average molecular weight is 394 g/mol. The molecular formula is C21H22N4O4. The highest BCUT2D eigenvalue weighted by Gasteiger charge is 2.20. The summed E-state index contributed by atoms with van der Waals surface area (Å²) in [7, 11) is 0. The van der Waals surface area contributed by atoms with Crippen molar-refractivity contribution in [3.63, 3.8) is 0 Å². The SMILES string of the molecule is CC(C)(C)c1cc(NC(=O)CC(=O)Nc2ccc(Oc3ccncc3)cc2)no1. The highest BCUT2D eigenvalue weighted by molar-refractivity contribution is 6.07. The van der Waals surface area contributed by atoms with Gasteiger partial charge in [-0.15, -0.1) is 0 Å². The molecule has 0 aliphatic rings. The number of nitrogens with zero attached hydrogens (tertiary/aromatic N) is 2. The minimum Gasteiger partial charge on any atom is -0.457 e. The molecule has 8 nitrogen and oxygen atoms in total. The van der Waals surface area contributed by atoms with Gasteiger partial charge >= 0.3 is 0 Å². The maximum Gasteiger partial charge on any atom is 0.235 e. The largest absolute Gasteiger partial charge is 0.457 e. The monoisotopic (exact) mass is 394 g/mol. The van der Waals surface area contributed by atoms with Crippen LogP contribution in [0.2, 0.25) is 0 Å². The maximum absolute atomic E-state index is 12.1. The van der Waals surface area contributed by atoms with E-state index < -0.39 is 11.8 Å². The van der Waals surface area contributed by atoms with E-state index in [1.807, 2.05) is 20.8 Å². The number of carbonyl (C=O) groups is 2. The Hall–Kier alpha value is -3.68. The number of carbonyl (C=O) groups excluding carboxylic acids is 2. The molecule has 0 saturated heterocycles. The number of nitrogens with one attached hydrogen (secondary N) is 2. The summed E-state index contributed by atoms with van der Waals surface area (Å²) in [4.78, 5) is 28.1. The molecular weight excluding hydrogens is 372 g/mol. The van der Waals surface area contributed by atoms with Crippen LogP contribution < -0.4 is 15.4 Å². The lowest BCUT2D eigenvalue weighted by Crippen LogP contribution is -2.21. The Bertz CT molecular complexity index is 976. The normalized spacial score (nSPS) is 11.0. The first-order chi connectivity index (χ1) is 13.8. The predicted octanol–water partition coefficient (Wildman–Crippen LogP) is 4.13. The molecule has 0 spiro atoms. The van der Waals surface area contributed by atoms with Crippen LogP contribution >= 0.6 is 0 Å². The van der Waals surface area contributed by atoms with E-state index in [0.717, 1.165) is 0 Å². The van der Waals surface area contributed by atoms with Gasteiger partial charge in [0.25, 0.3) is 0 Å². The lowest BCUT2D eigenvalue weighted by atomic mass is 9.93. The second-order valence-corrected chi connectivity index (χ2v) is 7.41. The van der Waals surface area contributed by atoms with Crippen LogP contribution in [0.4, 0.5) is 11.5 Å². The van der Waals surface area contributed by atoms with Crippen LogP contribution in [0.5, 0.6) is 11.5 Å². The third-order valence-corrected chi connectivity index (χ3v) is 3.86. The highest BCUT2D eigenvalue weighted by atomic mass is 16.5. The molecule has 3 rings (SSSR count). The van der Waals surface area contributed by atoms with E-state index in [9.17, 15) is 9.59 Å². The Morgan fingerprint density at radius 2 is 1.59 bits per heavy atom. The Kier molecular flexibility index (Phi) is 5.92. The number of amides is 2. The summed E-state index contributed by atoms with van der Waals surface area (Å²) in [6.07, 6.45) is 2.93. The second-order valence-electron chi connectivity index (χ2n) is 7.41. The van der Waals surface area contributed by atoms with E-state index in [4.69, 9.17) is 9.26 Å². The Labute approximate surface area is 168 Å². The molecule has 2 heterocycles. The van der Waals surface area contributed by atoms with E-state index in [-0.39, 0.29) is 17.7 Å². The fourth-order valence-corrected chi connectivity index (χ4v) is 2.37. The van der Waals surface area contributed by atoms with Crippen molar-refractivity contribution >= 4 is 23.3 Å². The summed E-state index contributed by atoms with van der Waals surface area (Å²) in [5.41, 5.74) is 0.335. The third kappa shape index (κ3) is 5.90. The number of hydrogen-bond acceptors (Lipinski definition) is 6. The van der Waals surface area contributed by atoms with Gasteiger partial charge in [-0.2, -0.15) is 0 Å². The molecule has 3 aromatic rings. The number of benzene rings is 1. The molecule has 150 valence electrons. The summed E-state index contributed by atoms with van der Waals surface area (Å²) in [5.74, 6) is 1.29. The van der Waals surface area contributed by atoms with E-state index in [1.54, 1.807) is 54.9 Å². The summed E-state index contributed by atoms with van der Waals surface area (Å²) < 4.78 is 10.9. The zero-order chi connectivity index (χ0) is 20.9. The minimum absolute atomic E-state index is 0.222. The smallest absolute Gasteiger partial charge is 0.235 e. The second kappa shape index (κ2) is 8.55. The van der Waals surface area contributed by atoms with Crippen molar-refractivity contribution in [3.8, 4) is 11.5 Å². The molecule has 0 saturated carbocycles. The van der Waals surface area contributed by atoms with E-state index in [2.05, 4.69) is 20.8 Å². The fraction of sp³-hybridized carbons (Fsp3) is 0.238. The maximum atomic E-state index is 12.1. The van der Waals surface area contributed by atoms with Gasteiger partial charge in [-0.1, -0.05) is 25.9 Å². The molecule has 1 aromatic carbocycles. The van der Waals surface area contributed by atoms with Crippen molar-refractivity contribution in [1.29, 1.82) is 0 Å². The van der Waals surface area contributed by atoms with E-state index in [0.29, 0.717) is 22.9 Å². The molecule has 0 aliphatic carbocycles. The zero-order valence-corrected chi connectivity index (χ0v) is 16.4. The van der Waals surface area contributed by atoms with Gasteiger partial charge in [-0.25, -0.2) is 0 Å². The van der Waals surface area contributed by atoms with E-state index >= 15 is 0 Å². The van der Waals surface area contributed by atoms with Crippen molar-refractivity contribution in [3.05, 3.63) is 60.6 Å². The molecule has 0 radical (unpaired) electrons. The predicted molar refractivity (Wildman–Crippen MR) is 108 cm³/mol. The number of anilines is 2. The van der Waals surface area contributed by atoms with Gasteiger partial charge in [-0.05, 0) is 36.4 Å². The van der Waals surface area contributed by atoms with Gasteiger partial charge in [0.2, 0.25) is 11.8 Å². The molecule has 0 fully saturated rings. The third-order valence-electron chi connectivity index (χ3n) is 3.86. The molecule has 8 heteroatoms. The van der Waals surface area contributed by atoms with Gasteiger partial charge in [0.05, 0.1) is 0 Å².